The first kappa shape index (κ1) is 10.8. The van der Waals surface area contributed by atoms with E-state index in [-0.39, 0.29) is 11.8 Å². The Balaban J connectivity index is 4.26. The fourth-order valence-electron chi connectivity index (χ4n) is 0.632. The van der Waals surface area contributed by atoms with Crippen molar-refractivity contribution in [3.8, 4) is 0 Å². The number of nitrogens with two attached hydrogens (primary N) is 1. The largest absolute Gasteiger partial charge is 0.327 e. The number of nitrogens with one attached hydrogen (secondary N) is 1. The lowest BCUT2D eigenvalue weighted by molar-refractivity contribution is 0.157. The molecule has 2 atom stereocenters. The van der Waals surface area contributed by atoms with Crippen molar-refractivity contribution < 1.29 is 9.05 Å². The first-order chi connectivity index (χ1) is 5.04. The number of hydrogen-bond acceptors (Lipinski definition) is 4. The molecule has 68 valence electrons. The van der Waals surface area contributed by atoms with Gasteiger partial charge in [0, 0.05) is 13.1 Å². The van der Waals surface area contributed by atoms with E-state index in [4.69, 9.17) is 5.73 Å². The van der Waals surface area contributed by atoms with E-state index >= 15 is 0 Å². The fourth-order valence-corrected chi connectivity index (χ4v) is 1.90. The molecule has 0 saturated heterocycles. The molecular weight excluding hydrogens is 166 g/mol. The summed E-state index contributed by atoms with van der Waals surface area (Å²) in [5, 5.41) is 0. The van der Waals surface area contributed by atoms with Crippen molar-refractivity contribution >= 4 is 9.92 Å². The minimum absolute atomic E-state index is 0.158. The molecule has 0 saturated carbocycles. The maximum Gasteiger partial charge on any atom is 0.131 e. The molecule has 0 amide bonds. The van der Waals surface area contributed by atoms with Crippen molar-refractivity contribution in [1.82, 2.24) is 4.89 Å². The smallest absolute Gasteiger partial charge is 0.131 e. The second-order valence-electron chi connectivity index (χ2n) is 2.25. The van der Waals surface area contributed by atoms with Gasteiger partial charge in [0.15, 0.2) is 0 Å². The van der Waals surface area contributed by atoms with Crippen LogP contribution in [0.25, 0.3) is 0 Å². The van der Waals surface area contributed by atoms with Crippen molar-refractivity contribution in [3.63, 3.8) is 0 Å². The van der Waals surface area contributed by atoms with Crippen molar-refractivity contribution in [2.45, 2.75) is 13.0 Å². The van der Waals surface area contributed by atoms with Gasteiger partial charge in [-0.05, 0) is 6.92 Å². The summed E-state index contributed by atoms with van der Waals surface area (Å²) in [5.74, 6) is 0.289. The van der Waals surface area contributed by atoms with E-state index < -0.39 is 9.92 Å². The molecule has 0 spiro atoms. The summed E-state index contributed by atoms with van der Waals surface area (Å²) in [6, 6.07) is -0.158. The Kier molecular flexibility index (Phi) is 4.58. The summed E-state index contributed by atoms with van der Waals surface area (Å²) in [5.41, 5.74) is 5.45. The zero-order valence-corrected chi connectivity index (χ0v) is 7.85. The highest BCUT2D eigenvalue weighted by Crippen LogP contribution is 1.92. The molecule has 6 heteroatoms. The molecule has 0 aliphatic rings. The van der Waals surface area contributed by atoms with Crippen LogP contribution in [0.1, 0.15) is 6.92 Å². The Hall–Kier alpha value is -0.170. The van der Waals surface area contributed by atoms with Crippen LogP contribution in [0.3, 0.4) is 0 Å². The van der Waals surface area contributed by atoms with Gasteiger partial charge in [0.25, 0.3) is 0 Å². The van der Waals surface area contributed by atoms with Gasteiger partial charge in [-0.2, -0.15) is 0 Å². The average molecular weight is 181 g/mol. The molecule has 11 heavy (non-hydrogen) atoms. The van der Waals surface area contributed by atoms with Gasteiger partial charge in [-0.25, -0.2) is 8.57 Å². The predicted octanol–water partition coefficient (Wildman–Crippen LogP) is -0.503. The lowest BCUT2D eigenvalue weighted by Gasteiger charge is -2.10. The summed E-state index contributed by atoms with van der Waals surface area (Å²) in [4.78, 5) is 6.85. The van der Waals surface area contributed by atoms with Gasteiger partial charge < -0.3 is 5.73 Å². The van der Waals surface area contributed by atoms with Crippen LogP contribution >= 0.6 is 0 Å². The summed E-state index contributed by atoms with van der Waals surface area (Å²) < 4.78 is 15.1. The molecular formula is C5H15N3O2S. The molecule has 0 radical (unpaired) electrons. The van der Waals surface area contributed by atoms with Crippen LogP contribution in [-0.2, 0) is 14.8 Å². The molecule has 2 unspecified atom stereocenters. The van der Waals surface area contributed by atoms with Crippen molar-refractivity contribution in [2.75, 3.05) is 19.9 Å². The first-order valence-electron chi connectivity index (χ1n) is 3.22. The summed E-state index contributed by atoms with van der Waals surface area (Å²) in [6.45, 7) is 1.77. The Bertz CT molecular complexity index is 208. The zero-order valence-electron chi connectivity index (χ0n) is 7.03. The molecule has 5 nitrogen and oxygen atoms in total. The first-order valence-corrected chi connectivity index (χ1v) is 4.90. The van der Waals surface area contributed by atoms with E-state index in [1.807, 2.05) is 0 Å². The van der Waals surface area contributed by atoms with Crippen LogP contribution in [-0.4, -0.2) is 30.2 Å². The van der Waals surface area contributed by atoms with Gasteiger partial charge in [-0.1, -0.05) is 0 Å². The van der Waals surface area contributed by atoms with Crippen LogP contribution in [0.4, 0.5) is 0 Å². The highest BCUT2D eigenvalue weighted by molar-refractivity contribution is 7.91. The SMILES string of the molecule is CN=S(=O)(CC(C)N)NOC. The van der Waals surface area contributed by atoms with Gasteiger partial charge in [0.2, 0.25) is 0 Å². The van der Waals surface area contributed by atoms with E-state index in [0.717, 1.165) is 0 Å². The minimum Gasteiger partial charge on any atom is -0.327 e. The minimum atomic E-state index is -2.45. The summed E-state index contributed by atoms with van der Waals surface area (Å²) in [7, 11) is 0.415. The molecule has 0 bridgehead atoms. The third-order valence-corrected chi connectivity index (χ3v) is 2.99. The van der Waals surface area contributed by atoms with Crippen LogP contribution in [0.5, 0.6) is 0 Å². The molecule has 0 aromatic rings. The lowest BCUT2D eigenvalue weighted by atomic mass is 10.4. The van der Waals surface area contributed by atoms with Crippen molar-refractivity contribution in [3.05, 3.63) is 0 Å². The van der Waals surface area contributed by atoms with Gasteiger partial charge in [0.05, 0.1) is 12.9 Å². The van der Waals surface area contributed by atoms with Crippen LogP contribution in [0, 0.1) is 0 Å². The van der Waals surface area contributed by atoms with Crippen molar-refractivity contribution in [2.24, 2.45) is 10.1 Å². The Labute approximate surface area is 67.6 Å². The van der Waals surface area contributed by atoms with E-state index in [2.05, 4.69) is 14.1 Å². The van der Waals surface area contributed by atoms with E-state index in [0.29, 0.717) is 0 Å². The van der Waals surface area contributed by atoms with E-state index in [1.165, 1.54) is 14.2 Å². The topological polar surface area (TPSA) is 76.7 Å². The molecule has 0 aliphatic carbocycles. The number of nitrogens with zero attached hydrogens (tertiary/aromatic N) is 1. The highest BCUT2D eigenvalue weighted by atomic mass is 32.2. The maximum absolute atomic E-state index is 11.5. The van der Waals surface area contributed by atoms with Gasteiger partial charge in [-0.3, -0.25) is 4.84 Å². The molecule has 3 N–H and O–H groups in total. The van der Waals surface area contributed by atoms with Crippen LogP contribution in [0.2, 0.25) is 0 Å². The third-order valence-electron chi connectivity index (χ3n) is 0.997. The van der Waals surface area contributed by atoms with Crippen molar-refractivity contribution in [1.29, 1.82) is 0 Å². The average Bonchev–Trinajstić information content (AvgIpc) is 1.87. The standard InChI is InChI=1S/C5H15N3O2S/c1-5(6)4-11(9,7-2)8-10-3/h5H,4,6H2,1-3H3,(H,7,8,9). The zero-order chi connectivity index (χ0) is 8.91. The lowest BCUT2D eigenvalue weighted by Crippen LogP contribution is -2.34. The number of hydrogen-bond donors (Lipinski definition) is 2. The third kappa shape index (κ3) is 4.31. The summed E-state index contributed by atoms with van der Waals surface area (Å²) >= 11 is 0. The van der Waals surface area contributed by atoms with Gasteiger partial charge in [-0.15, -0.1) is 4.89 Å². The van der Waals surface area contributed by atoms with Gasteiger partial charge in [0.1, 0.15) is 9.92 Å². The maximum atomic E-state index is 11.5. The molecule has 0 rings (SSSR count). The Morgan fingerprint density at radius 2 is 2.36 bits per heavy atom. The Morgan fingerprint density at radius 1 is 1.82 bits per heavy atom. The normalized spacial score (nSPS) is 18.9. The second kappa shape index (κ2) is 4.66. The van der Waals surface area contributed by atoms with Crippen LogP contribution in [0.15, 0.2) is 4.36 Å². The molecule has 0 aliphatic heterocycles. The molecule has 0 aromatic heterocycles. The summed E-state index contributed by atoms with van der Waals surface area (Å²) in [6.07, 6.45) is 0. The predicted molar refractivity (Wildman–Crippen MR) is 45.2 cm³/mol. The second-order valence-corrected chi connectivity index (χ2v) is 4.40. The van der Waals surface area contributed by atoms with Crippen LogP contribution < -0.4 is 10.6 Å². The van der Waals surface area contributed by atoms with E-state index in [9.17, 15) is 4.21 Å². The quantitative estimate of drug-likeness (QED) is 0.574. The number of rotatable bonds is 4. The molecule has 0 heterocycles. The Morgan fingerprint density at radius 3 is 2.64 bits per heavy atom. The van der Waals surface area contributed by atoms with E-state index in [1.54, 1.807) is 6.92 Å². The fraction of sp³-hybridized carbons (Fsp3) is 1.00. The molecule has 0 fully saturated rings. The van der Waals surface area contributed by atoms with Gasteiger partial charge >= 0.3 is 0 Å². The molecule has 0 aromatic carbocycles. The highest BCUT2D eigenvalue weighted by Gasteiger charge is 2.09. The monoisotopic (exact) mass is 181 g/mol.